The number of likely N-dealkylation sites (tertiary alicyclic amines) is 1. The summed E-state index contributed by atoms with van der Waals surface area (Å²) in [4.78, 5) is 14.6. The Balaban J connectivity index is 1.42. The number of hydrogen-bond acceptors (Lipinski definition) is 4. The van der Waals surface area contributed by atoms with Crippen LogP contribution < -0.4 is 11.1 Å². The molecule has 3 rings (SSSR count). The van der Waals surface area contributed by atoms with E-state index in [1.807, 2.05) is 0 Å². The lowest BCUT2D eigenvalue weighted by atomic mass is 9.87. The molecule has 21 heavy (non-hydrogen) atoms. The van der Waals surface area contributed by atoms with E-state index in [9.17, 15) is 4.79 Å². The number of amidine groups is 1. The van der Waals surface area contributed by atoms with Crippen LogP contribution in [0.2, 0.25) is 0 Å². The molecule has 0 aromatic rings. The minimum absolute atomic E-state index is 0.250. The van der Waals surface area contributed by atoms with Gasteiger partial charge in [-0.05, 0) is 43.9 Å². The lowest BCUT2D eigenvalue weighted by Crippen LogP contribution is -2.48. The van der Waals surface area contributed by atoms with Gasteiger partial charge >= 0.3 is 0 Å². The van der Waals surface area contributed by atoms with E-state index < -0.39 is 0 Å². The first-order valence-electron chi connectivity index (χ1n) is 8.15. The van der Waals surface area contributed by atoms with Gasteiger partial charge in [0.2, 0.25) is 5.91 Å². The summed E-state index contributed by atoms with van der Waals surface area (Å²) in [5, 5.41) is 14.9. The maximum Gasteiger partial charge on any atom is 0.223 e. The van der Waals surface area contributed by atoms with Crippen LogP contribution in [0.15, 0.2) is 5.16 Å². The first-order valence-corrected chi connectivity index (χ1v) is 8.15. The summed E-state index contributed by atoms with van der Waals surface area (Å²) >= 11 is 0. The number of piperidine rings is 1. The molecule has 0 spiro atoms. The van der Waals surface area contributed by atoms with Gasteiger partial charge in [0.05, 0.1) is 6.54 Å². The molecule has 6 nitrogen and oxygen atoms in total. The van der Waals surface area contributed by atoms with E-state index in [0.29, 0.717) is 18.5 Å². The van der Waals surface area contributed by atoms with E-state index in [0.717, 1.165) is 38.3 Å². The second kappa shape index (κ2) is 6.22. The van der Waals surface area contributed by atoms with Crippen LogP contribution >= 0.6 is 0 Å². The maximum atomic E-state index is 12.4. The van der Waals surface area contributed by atoms with Crippen LogP contribution in [0.1, 0.15) is 38.5 Å². The van der Waals surface area contributed by atoms with E-state index in [1.165, 1.54) is 19.3 Å². The molecule has 3 unspecified atom stereocenters. The number of carbonyl (C=O) groups excluding carboxylic acids is 1. The van der Waals surface area contributed by atoms with Crippen molar-refractivity contribution in [1.29, 1.82) is 0 Å². The average Bonchev–Trinajstić information content (AvgIpc) is 3.12. The summed E-state index contributed by atoms with van der Waals surface area (Å²) in [6.45, 7) is 2.28. The molecule has 0 aromatic carbocycles. The minimum Gasteiger partial charge on any atom is -0.409 e. The summed E-state index contributed by atoms with van der Waals surface area (Å²) in [5.41, 5.74) is 5.53. The fraction of sp³-hybridized carbons (Fsp3) is 0.867. The van der Waals surface area contributed by atoms with Crippen LogP contribution in [0.3, 0.4) is 0 Å². The molecule has 1 saturated heterocycles. The Hall–Kier alpha value is -1.30. The zero-order chi connectivity index (χ0) is 14.8. The Bertz CT molecular complexity index is 418. The van der Waals surface area contributed by atoms with Gasteiger partial charge in [-0.3, -0.25) is 9.69 Å². The Morgan fingerprint density at radius 2 is 2.00 bits per heavy atom. The summed E-state index contributed by atoms with van der Waals surface area (Å²) in [6, 6.07) is 0.292. The molecule has 3 aliphatic rings. The van der Waals surface area contributed by atoms with Gasteiger partial charge in [-0.15, -0.1) is 0 Å². The third-order valence-electron chi connectivity index (χ3n) is 5.52. The third kappa shape index (κ3) is 3.31. The lowest BCUT2D eigenvalue weighted by Gasteiger charge is -2.33. The quantitative estimate of drug-likeness (QED) is 0.309. The van der Waals surface area contributed by atoms with Gasteiger partial charge in [0.1, 0.15) is 0 Å². The molecule has 1 aliphatic heterocycles. The molecule has 4 N–H and O–H groups in total. The van der Waals surface area contributed by atoms with Crippen molar-refractivity contribution in [2.75, 3.05) is 19.6 Å². The fourth-order valence-corrected chi connectivity index (χ4v) is 4.37. The van der Waals surface area contributed by atoms with Gasteiger partial charge in [0.25, 0.3) is 0 Å². The van der Waals surface area contributed by atoms with Gasteiger partial charge in [0, 0.05) is 25.0 Å². The second-order valence-corrected chi connectivity index (χ2v) is 6.93. The normalized spacial score (nSPS) is 34.3. The zero-order valence-electron chi connectivity index (χ0n) is 12.5. The number of nitrogens with two attached hydrogens (primary N) is 1. The molecule has 1 amide bonds. The van der Waals surface area contributed by atoms with Gasteiger partial charge < -0.3 is 16.3 Å². The molecule has 0 aromatic heterocycles. The summed E-state index contributed by atoms with van der Waals surface area (Å²) in [5.74, 6) is 2.28. The van der Waals surface area contributed by atoms with Crippen LogP contribution in [0.25, 0.3) is 0 Å². The van der Waals surface area contributed by atoms with Crippen LogP contribution in [0, 0.1) is 17.8 Å². The number of amides is 1. The molecule has 1 heterocycles. The molecule has 118 valence electrons. The van der Waals surface area contributed by atoms with Crippen molar-refractivity contribution < 1.29 is 10.0 Å². The summed E-state index contributed by atoms with van der Waals surface area (Å²) in [6.07, 6.45) is 6.87. The van der Waals surface area contributed by atoms with Crippen molar-refractivity contribution >= 4 is 11.7 Å². The number of hydrogen-bond donors (Lipinski definition) is 3. The highest BCUT2D eigenvalue weighted by Gasteiger charge is 2.43. The standard InChI is InChI=1S/C15H26N4O2/c16-14(18-21)9-19-5-3-12(4-6-19)17-15(20)13-8-10-1-2-11(13)7-10/h10-13,21H,1-9H2,(H2,16,18)(H,17,20). The van der Waals surface area contributed by atoms with Gasteiger partial charge in [0.15, 0.2) is 5.84 Å². The van der Waals surface area contributed by atoms with E-state index in [-0.39, 0.29) is 17.7 Å². The highest BCUT2D eigenvalue weighted by Crippen LogP contribution is 2.48. The fourth-order valence-electron chi connectivity index (χ4n) is 4.37. The highest BCUT2D eigenvalue weighted by atomic mass is 16.4. The van der Waals surface area contributed by atoms with Crippen LogP contribution in [-0.4, -0.2) is 47.5 Å². The van der Waals surface area contributed by atoms with Crippen LogP contribution in [0.5, 0.6) is 0 Å². The number of oxime groups is 1. The van der Waals surface area contributed by atoms with E-state index >= 15 is 0 Å². The van der Waals surface area contributed by atoms with Crippen molar-refractivity contribution in [3.8, 4) is 0 Å². The average molecular weight is 294 g/mol. The van der Waals surface area contributed by atoms with Crippen molar-refractivity contribution in [2.45, 2.75) is 44.6 Å². The number of fused-ring (bicyclic) bond motifs is 2. The molecule has 2 aliphatic carbocycles. The molecule has 0 radical (unpaired) electrons. The van der Waals surface area contributed by atoms with Gasteiger partial charge in [-0.1, -0.05) is 11.6 Å². The maximum absolute atomic E-state index is 12.4. The largest absolute Gasteiger partial charge is 0.409 e. The first kappa shape index (κ1) is 14.6. The molecule has 6 heteroatoms. The first-order chi connectivity index (χ1) is 10.2. The summed E-state index contributed by atoms with van der Waals surface area (Å²) in [7, 11) is 0. The van der Waals surface area contributed by atoms with Crippen LogP contribution in [-0.2, 0) is 4.79 Å². The number of rotatable bonds is 4. The molecular weight excluding hydrogens is 268 g/mol. The molecule has 3 fully saturated rings. The Morgan fingerprint density at radius 1 is 1.24 bits per heavy atom. The van der Waals surface area contributed by atoms with Crippen molar-refractivity contribution in [3.63, 3.8) is 0 Å². The lowest BCUT2D eigenvalue weighted by molar-refractivity contribution is -0.127. The second-order valence-electron chi connectivity index (χ2n) is 6.93. The highest BCUT2D eigenvalue weighted by molar-refractivity contribution is 5.81. The number of nitrogens with zero attached hydrogens (tertiary/aromatic N) is 2. The van der Waals surface area contributed by atoms with Crippen molar-refractivity contribution in [1.82, 2.24) is 10.2 Å². The predicted molar refractivity (Wildman–Crippen MR) is 80.0 cm³/mol. The van der Waals surface area contributed by atoms with Crippen molar-refractivity contribution in [3.05, 3.63) is 0 Å². The molecule has 3 atom stereocenters. The molecular formula is C15H26N4O2. The van der Waals surface area contributed by atoms with Gasteiger partial charge in [-0.2, -0.15) is 0 Å². The summed E-state index contributed by atoms with van der Waals surface area (Å²) < 4.78 is 0. The minimum atomic E-state index is 0.250. The van der Waals surface area contributed by atoms with E-state index in [4.69, 9.17) is 10.9 Å². The monoisotopic (exact) mass is 294 g/mol. The Labute approximate surface area is 125 Å². The topological polar surface area (TPSA) is 91.0 Å². The van der Waals surface area contributed by atoms with E-state index in [1.54, 1.807) is 0 Å². The number of nitrogens with one attached hydrogen (secondary N) is 1. The predicted octanol–water partition coefficient (Wildman–Crippen LogP) is 0.750. The third-order valence-corrected chi connectivity index (χ3v) is 5.52. The van der Waals surface area contributed by atoms with Crippen molar-refractivity contribution in [2.24, 2.45) is 28.6 Å². The van der Waals surface area contributed by atoms with E-state index in [2.05, 4.69) is 15.4 Å². The molecule has 2 bridgehead atoms. The van der Waals surface area contributed by atoms with Crippen LogP contribution in [0.4, 0.5) is 0 Å². The SMILES string of the molecule is NC(CN1CCC(NC(=O)C2CC3CCC2C3)CC1)=NO. The Kier molecular flexibility index (Phi) is 4.33. The zero-order valence-corrected chi connectivity index (χ0v) is 12.5. The smallest absolute Gasteiger partial charge is 0.223 e. The molecule has 2 saturated carbocycles. The Morgan fingerprint density at radius 3 is 2.57 bits per heavy atom. The van der Waals surface area contributed by atoms with Gasteiger partial charge in [-0.25, -0.2) is 0 Å². The number of carbonyl (C=O) groups is 1.